The SMILES string of the molecule is CN(Cc1cc([N+](=O)[O-])ccc1Cl)C(=O)c1ccc(Cl)nc1. The average Bonchev–Trinajstić information content (AvgIpc) is 2.49. The number of pyridine rings is 1. The molecule has 8 heteroatoms. The number of amides is 1. The summed E-state index contributed by atoms with van der Waals surface area (Å²) in [7, 11) is 1.58. The first-order valence-corrected chi connectivity index (χ1v) is 6.94. The van der Waals surface area contributed by atoms with Crippen LogP contribution in [0.4, 0.5) is 5.69 Å². The Morgan fingerprint density at radius 3 is 2.64 bits per heavy atom. The molecule has 22 heavy (non-hydrogen) atoms. The van der Waals surface area contributed by atoms with Gasteiger partial charge in [-0.25, -0.2) is 4.98 Å². The van der Waals surface area contributed by atoms with Gasteiger partial charge in [-0.2, -0.15) is 0 Å². The number of halogens is 2. The predicted octanol–water partition coefficient (Wildman–Crippen LogP) is 3.57. The second kappa shape index (κ2) is 6.72. The van der Waals surface area contributed by atoms with Crippen LogP contribution in [-0.4, -0.2) is 27.8 Å². The van der Waals surface area contributed by atoms with Gasteiger partial charge >= 0.3 is 0 Å². The third-order valence-electron chi connectivity index (χ3n) is 2.97. The highest BCUT2D eigenvalue weighted by molar-refractivity contribution is 6.31. The van der Waals surface area contributed by atoms with Crippen LogP contribution in [-0.2, 0) is 6.54 Å². The maximum atomic E-state index is 12.3. The van der Waals surface area contributed by atoms with Crippen molar-refractivity contribution in [1.29, 1.82) is 0 Å². The van der Waals surface area contributed by atoms with E-state index in [4.69, 9.17) is 23.2 Å². The summed E-state index contributed by atoms with van der Waals surface area (Å²) in [6.45, 7) is 0.141. The smallest absolute Gasteiger partial charge is 0.269 e. The predicted molar refractivity (Wildman–Crippen MR) is 83.2 cm³/mol. The summed E-state index contributed by atoms with van der Waals surface area (Å²) < 4.78 is 0. The third-order valence-corrected chi connectivity index (χ3v) is 3.56. The van der Waals surface area contributed by atoms with E-state index in [-0.39, 0.29) is 18.1 Å². The van der Waals surface area contributed by atoms with Crippen molar-refractivity contribution >= 4 is 34.8 Å². The molecule has 0 aliphatic carbocycles. The molecule has 1 aromatic heterocycles. The highest BCUT2D eigenvalue weighted by atomic mass is 35.5. The molecule has 2 aromatic rings. The van der Waals surface area contributed by atoms with Gasteiger partial charge < -0.3 is 4.90 Å². The summed E-state index contributed by atoms with van der Waals surface area (Å²) in [5.41, 5.74) is 0.788. The van der Waals surface area contributed by atoms with Crippen LogP contribution in [0.25, 0.3) is 0 Å². The Kier molecular flexibility index (Phi) is 4.95. The number of hydrogen-bond donors (Lipinski definition) is 0. The minimum Gasteiger partial charge on any atom is -0.337 e. The van der Waals surface area contributed by atoms with E-state index in [1.807, 2.05) is 0 Å². The molecule has 0 atom stereocenters. The Morgan fingerprint density at radius 1 is 1.32 bits per heavy atom. The number of non-ortho nitro benzene ring substituents is 1. The van der Waals surface area contributed by atoms with Gasteiger partial charge in [-0.1, -0.05) is 23.2 Å². The van der Waals surface area contributed by atoms with E-state index in [1.165, 1.54) is 35.4 Å². The number of hydrogen-bond acceptors (Lipinski definition) is 4. The molecule has 0 fully saturated rings. The van der Waals surface area contributed by atoms with Crippen molar-refractivity contribution in [3.05, 3.63) is 67.9 Å². The first-order chi connectivity index (χ1) is 10.4. The molecule has 1 amide bonds. The fraction of sp³-hybridized carbons (Fsp3) is 0.143. The number of benzene rings is 1. The summed E-state index contributed by atoms with van der Waals surface area (Å²) in [6, 6.07) is 7.19. The first kappa shape index (κ1) is 16.2. The number of nitro benzene ring substituents is 1. The third kappa shape index (κ3) is 3.72. The first-order valence-electron chi connectivity index (χ1n) is 6.18. The fourth-order valence-corrected chi connectivity index (χ4v) is 2.14. The van der Waals surface area contributed by atoms with E-state index in [9.17, 15) is 14.9 Å². The molecule has 0 aliphatic rings. The lowest BCUT2D eigenvalue weighted by Gasteiger charge is -2.17. The highest BCUT2D eigenvalue weighted by Gasteiger charge is 2.16. The number of carbonyl (C=O) groups is 1. The zero-order chi connectivity index (χ0) is 16.3. The molecular weight excluding hydrogens is 329 g/mol. The van der Waals surface area contributed by atoms with Gasteiger partial charge in [0, 0.05) is 36.9 Å². The van der Waals surface area contributed by atoms with Gasteiger partial charge in [0.15, 0.2) is 0 Å². The van der Waals surface area contributed by atoms with Crippen molar-refractivity contribution in [2.24, 2.45) is 0 Å². The molecule has 114 valence electrons. The maximum Gasteiger partial charge on any atom is 0.269 e. The molecule has 0 N–H and O–H groups in total. The second-order valence-electron chi connectivity index (χ2n) is 4.56. The molecule has 2 rings (SSSR count). The van der Waals surface area contributed by atoms with E-state index in [2.05, 4.69) is 4.98 Å². The van der Waals surface area contributed by atoms with Crippen LogP contribution in [0.2, 0.25) is 10.2 Å². The molecule has 0 spiro atoms. The van der Waals surface area contributed by atoms with Gasteiger partial charge in [0.25, 0.3) is 11.6 Å². The Bertz CT molecular complexity index is 720. The normalized spacial score (nSPS) is 10.3. The lowest BCUT2D eigenvalue weighted by Crippen LogP contribution is -2.26. The molecule has 0 bridgehead atoms. The fourth-order valence-electron chi connectivity index (χ4n) is 1.85. The topological polar surface area (TPSA) is 76.3 Å². The minimum atomic E-state index is -0.509. The molecule has 6 nitrogen and oxygen atoms in total. The van der Waals surface area contributed by atoms with Gasteiger partial charge in [-0.05, 0) is 23.8 Å². The Balaban J connectivity index is 2.19. The second-order valence-corrected chi connectivity index (χ2v) is 5.36. The van der Waals surface area contributed by atoms with Gasteiger partial charge in [-0.3, -0.25) is 14.9 Å². The number of nitrogens with zero attached hydrogens (tertiary/aromatic N) is 3. The molecule has 0 radical (unpaired) electrons. The Morgan fingerprint density at radius 2 is 2.05 bits per heavy atom. The van der Waals surface area contributed by atoms with E-state index in [1.54, 1.807) is 13.1 Å². The highest BCUT2D eigenvalue weighted by Crippen LogP contribution is 2.23. The lowest BCUT2D eigenvalue weighted by molar-refractivity contribution is -0.384. The van der Waals surface area contributed by atoms with Gasteiger partial charge in [0.05, 0.1) is 10.5 Å². The maximum absolute atomic E-state index is 12.3. The summed E-state index contributed by atoms with van der Waals surface area (Å²) in [5.74, 6) is -0.285. The summed E-state index contributed by atoms with van der Waals surface area (Å²) in [6.07, 6.45) is 1.37. The van der Waals surface area contributed by atoms with Gasteiger partial charge in [0.2, 0.25) is 0 Å². The van der Waals surface area contributed by atoms with Crippen LogP contribution in [0.3, 0.4) is 0 Å². The Hall–Kier alpha value is -2.18. The van der Waals surface area contributed by atoms with Crippen molar-refractivity contribution in [3.8, 4) is 0 Å². The zero-order valence-corrected chi connectivity index (χ0v) is 13.0. The molecule has 1 aromatic carbocycles. The molecule has 0 unspecified atom stereocenters. The molecule has 0 saturated heterocycles. The zero-order valence-electron chi connectivity index (χ0n) is 11.5. The van der Waals surface area contributed by atoms with E-state index in [0.29, 0.717) is 21.3 Å². The van der Waals surface area contributed by atoms with Crippen LogP contribution in [0, 0.1) is 10.1 Å². The van der Waals surface area contributed by atoms with Crippen LogP contribution >= 0.6 is 23.2 Å². The van der Waals surface area contributed by atoms with Crippen molar-refractivity contribution in [3.63, 3.8) is 0 Å². The van der Waals surface area contributed by atoms with Crippen molar-refractivity contribution < 1.29 is 9.72 Å². The van der Waals surface area contributed by atoms with Crippen LogP contribution in [0.15, 0.2) is 36.5 Å². The minimum absolute atomic E-state index is 0.0755. The van der Waals surface area contributed by atoms with E-state index in [0.717, 1.165) is 0 Å². The van der Waals surface area contributed by atoms with Gasteiger partial charge in [-0.15, -0.1) is 0 Å². The number of aromatic nitrogens is 1. The number of rotatable bonds is 4. The summed E-state index contributed by atoms with van der Waals surface area (Å²) >= 11 is 11.7. The van der Waals surface area contributed by atoms with Crippen LogP contribution in [0.5, 0.6) is 0 Å². The summed E-state index contributed by atoms with van der Waals surface area (Å²) in [4.78, 5) is 27.8. The largest absolute Gasteiger partial charge is 0.337 e. The number of carbonyl (C=O) groups excluding carboxylic acids is 1. The van der Waals surface area contributed by atoms with E-state index >= 15 is 0 Å². The van der Waals surface area contributed by atoms with Crippen molar-refractivity contribution in [2.45, 2.75) is 6.54 Å². The Labute approximate surface area is 136 Å². The van der Waals surface area contributed by atoms with Crippen LogP contribution < -0.4 is 0 Å². The molecule has 1 heterocycles. The average molecular weight is 340 g/mol. The monoisotopic (exact) mass is 339 g/mol. The number of nitro groups is 1. The van der Waals surface area contributed by atoms with Gasteiger partial charge in [0.1, 0.15) is 5.15 Å². The van der Waals surface area contributed by atoms with Crippen molar-refractivity contribution in [1.82, 2.24) is 9.88 Å². The molecule has 0 saturated carbocycles. The summed E-state index contributed by atoms with van der Waals surface area (Å²) in [5, 5.41) is 11.5. The quantitative estimate of drug-likeness (QED) is 0.484. The van der Waals surface area contributed by atoms with Crippen LogP contribution in [0.1, 0.15) is 15.9 Å². The standard InChI is InChI=1S/C14H11Cl2N3O3/c1-18(14(20)9-2-5-13(16)17-7-9)8-10-6-11(19(21)22)3-4-12(10)15/h2-7H,8H2,1H3. The van der Waals surface area contributed by atoms with Crippen molar-refractivity contribution in [2.75, 3.05) is 7.05 Å². The molecular formula is C14H11Cl2N3O3. The van der Waals surface area contributed by atoms with E-state index < -0.39 is 4.92 Å². The lowest BCUT2D eigenvalue weighted by atomic mass is 10.1. The molecule has 0 aliphatic heterocycles.